The van der Waals surface area contributed by atoms with Crippen LogP contribution in [0.2, 0.25) is 0 Å². The van der Waals surface area contributed by atoms with Crippen LogP contribution >= 0.6 is 0 Å². The quantitative estimate of drug-likeness (QED) is 0.781. The van der Waals surface area contributed by atoms with E-state index >= 15 is 0 Å². The third-order valence-corrected chi connectivity index (χ3v) is 5.36. The molecule has 1 amide bonds. The number of ketones is 1. The van der Waals surface area contributed by atoms with Crippen LogP contribution in [0.4, 0.5) is 11.4 Å². The lowest BCUT2D eigenvalue weighted by Gasteiger charge is -2.16. The molecule has 1 N–H and O–H groups in total. The van der Waals surface area contributed by atoms with Gasteiger partial charge in [-0.3, -0.25) is 18.9 Å². The van der Waals surface area contributed by atoms with Gasteiger partial charge in [-0.1, -0.05) is 0 Å². The number of fused-ring (bicyclic) bond motifs is 1. The Bertz CT molecular complexity index is 942. The number of nitrogens with one attached hydrogen (secondary N) is 1. The Morgan fingerprint density at radius 3 is 2.73 bits per heavy atom. The molecule has 0 atom stereocenters. The van der Waals surface area contributed by atoms with Crippen LogP contribution in [-0.4, -0.2) is 37.9 Å². The van der Waals surface area contributed by atoms with Crippen molar-refractivity contribution in [2.45, 2.75) is 19.3 Å². The van der Waals surface area contributed by atoms with Crippen LogP contribution < -0.4 is 9.62 Å². The lowest BCUT2D eigenvalue weighted by atomic mass is 10.1. The summed E-state index contributed by atoms with van der Waals surface area (Å²) in [6.07, 6.45) is 5.02. The average molecular weight is 373 g/mol. The lowest BCUT2D eigenvalue weighted by molar-refractivity contribution is -0.116. The molecule has 3 rings (SSSR count). The van der Waals surface area contributed by atoms with Gasteiger partial charge in [-0.15, -0.1) is 0 Å². The van der Waals surface area contributed by atoms with Crippen LogP contribution in [0.25, 0.3) is 0 Å². The van der Waals surface area contributed by atoms with E-state index in [9.17, 15) is 18.0 Å². The molecular weight excluding hydrogens is 354 g/mol. The van der Waals surface area contributed by atoms with E-state index in [-0.39, 0.29) is 24.5 Å². The van der Waals surface area contributed by atoms with Crippen molar-refractivity contribution in [3.05, 3.63) is 53.9 Å². The summed E-state index contributed by atoms with van der Waals surface area (Å²) >= 11 is 0. The minimum Gasteiger partial charge on any atom is -0.326 e. The van der Waals surface area contributed by atoms with Gasteiger partial charge >= 0.3 is 0 Å². The maximum Gasteiger partial charge on any atom is 0.232 e. The van der Waals surface area contributed by atoms with E-state index in [4.69, 9.17) is 0 Å². The first-order chi connectivity index (χ1) is 12.3. The van der Waals surface area contributed by atoms with Crippen LogP contribution in [0.15, 0.2) is 42.7 Å². The van der Waals surface area contributed by atoms with Crippen molar-refractivity contribution in [1.29, 1.82) is 0 Å². The zero-order valence-corrected chi connectivity index (χ0v) is 15.1. The summed E-state index contributed by atoms with van der Waals surface area (Å²) in [6.45, 7) is 0.408. The zero-order chi connectivity index (χ0) is 18.7. The Balaban J connectivity index is 1.60. The van der Waals surface area contributed by atoms with E-state index < -0.39 is 10.0 Å². The number of amides is 1. The SMILES string of the molecule is CS(=O)(=O)N1CCc2cc(NC(=O)CCC(=O)c3cccnc3)ccc21. The Morgan fingerprint density at radius 2 is 2.04 bits per heavy atom. The second-order valence-electron chi connectivity index (χ2n) is 6.14. The number of hydrogen-bond acceptors (Lipinski definition) is 5. The Kier molecular flexibility index (Phi) is 5.03. The Labute approximate surface area is 152 Å². The number of anilines is 2. The number of aromatic nitrogens is 1. The molecular formula is C18H19N3O4S. The topological polar surface area (TPSA) is 96.4 Å². The minimum absolute atomic E-state index is 0.0697. The van der Waals surface area contributed by atoms with Gasteiger partial charge in [-0.2, -0.15) is 0 Å². The molecule has 1 aromatic heterocycles. The standard InChI is InChI=1S/C18H19N3O4S/c1-26(24,25)21-10-8-13-11-15(4-5-16(13)21)20-18(23)7-6-17(22)14-3-2-9-19-12-14/h2-5,9,11-12H,6-8,10H2,1H3,(H,20,23). The minimum atomic E-state index is -3.29. The molecule has 7 nitrogen and oxygen atoms in total. The van der Waals surface area contributed by atoms with E-state index in [0.717, 1.165) is 5.56 Å². The molecule has 136 valence electrons. The first-order valence-electron chi connectivity index (χ1n) is 8.18. The van der Waals surface area contributed by atoms with E-state index in [1.165, 1.54) is 16.8 Å². The van der Waals surface area contributed by atoms with Gasteiger partial charge in [-0.05, 0) is 42.3 Å². The summed E-state index contributed by atoms with van der Waals surface area (Å²) in [5.74, 6) is -0.397. The van der Waals surface area contributed by atoms with Crippen LogP contribution in [0.1, 0.15) is 28.8 Å². The van der Waals surface area contributed by atoms with Crippen LogP contribution in [0, 0.1) is 0 Å². The number of sulfonamides is 1. The number of benzene rings is 1. The molecule has 26 heavy (non-hydrogen) atoms. The van der Waals surface area contributed by atoms with Gasteiger partial charge in [0.2, 0.25) is 15.9 Å². The van der Waals surface area contributed by atoms with Gasteiger partial charge < -0.3 is 5.32 Å². The number of nitrogens with zero attached hydrogens (tertiary/aromatic N) is 2. The molecule has 0 aliphatic carbocycles. The number of rotatable bonds is 6. The van der Waals surface area contributed by atoms with Gasteiger partial charge in [0.25, 0.3) is 0 Å². The van der Waals surface area contributed by atoms with Gasteiger partial charge in [0.15, 0.2) is 5.78 Å². The predicted octanol–water partition coefficient (Wildman–Crippen LogP) is 2.01. The number of Topliss-reactive ketones (excluding diaryl/α,β-unsaturated/α-hetero) is 1. The van der Waals surface area contributed by atoms with Crippen molar-refractivity contribution in [2.24, 2.45) is 0 Å². The highest BCUT2D eigenvalue weighted by atomic mass is 32.2. The summed E-state index contributed by atoms with van der Waals surface area (Å²) < 4.78 is 24.9. The summed E-state index contributed by atoms with van der Waals surface area (Å²) in [7, 11) is -3.29. The molecule has 0 spiro atoms. The molecule has 1 aromatic carbocycles. The summed E-state index contributed by atoms with van der Waals surface area (Å²) in [5, 5.41) is 2.76. The molecule has 1 aliphatic rings. The molecule has 2 aromatic rings. The van der Waals surface area contributed by atoms with Gasteiger partial charge in [0.05, 0.1) is 11.9 Å². The number of hydrogen-bond donors (Lipinski definition) is 1. The van der Waals surface area contributed by atoms with E-state index in [0.29, 0.717) is 29.9 Å². The molecule has 0 fully saturated rings. The fourth-order valence-electron chi connectivity index (χ4n) is 2.92. The van der Waals surface area contributed by atoms with Crippen molar-refractivity contribution in [3.8, 4) is 0 Å². The fraction of sp³-hybridized carbons (Fsp3) is 0.278. The van der Waals surface area contributed by atoms with Crippen molar-refractivity contribution < 1.29 is 18.0 Å². The molecule has 0 radical (unpaired) electrons. The van der Waals surface area contributed by atoms with E-state index in [1.807, 2.05) is 0 Å². The molecule has 8 heteroatoms. The molecule has 0 saturated heterocycles. The zero-order valence-electron chi connectivity index (χ0n) is 14.3. The maximum absolute atomic E-state index is 12.1. The van der Waals surface area contributed by atoms with Crippen molar-refractivity contribution >= 4 is 33.1 Å². The maximum atomic E-state index is 12.1. The van der Waals surface area contributed by atoms with Crippen LogP contribution in [0.3, 0.4) is 0 Å². The fourth-order valence-corrected chi connectivity index (χ4v) is 3.87. The van der Waals surface area contributed by atoms with Gasteiger partial charge in [0.1, 0.15) is 0 Å². The average Bonchev–Trinajstić information content (AvgIpc) is 3.04. The van der Waals surface area contributed by atoms with Crippen molar-refractivity contribution in [3.63, 3.8) is 0 Å². The lowest BCUT2D eigenvalue weighted by Crippen LogP contribution is -2.27. The molecule has 2 heterocycles. The highest BCUT2D eigenvalue weighted by molar-refractivity contribution is 7.92. The third kappa shape index (κ3) is 4.08. The van der Waals surface area contributed by atoms with Gasteiger partial charge in [-0.25, -0.2) is 8.42 Å². The number of carbonyl (C=O) groups is 2. The molecule has 0 unspecified atom stereocenters. The predicted molar refractivity (Wildman–Crippen MR) is 98.8 cm³/mol. The molecule has 0 bridgehead atoms. The van der Waals surface area contributed by atoms with Crippen LogP contribution in [-0.2, 0) is 21.2 Å². The third-order valence-electron chi connectivity index (χ3n) is 4.18. The number of pyridine rings is 1. The second kappa shape index (κ2) is 7.25. The molecule has 1 aliphatic heterocycles. The smallest absolute Gasteiger partial charge is 0.232 e. The van der Waals surface area contributed by atoms with E-state index in [1.54, 1.807) is 36.5 Å². The highest BCUT2D eigenvalue weighted by Gasteiger charge is 2.26. The Hall–Kier alpha value is -2.74. The first-order valence-corrected chi connectivity index (χ1v) is 10.0. The summed E-state index contributed by atoms with van der Waals surface area (Å²) in [4.78, 5) is 28.0. The molecule has 0 saturated carbocycles. The highest BCUT2D eigenvalue weighted by Crippen LogP contribution is 2.32. The van der Waals surface area contributed by atoms with Crippen molar-refractivity contribution in [2.75, 3.05) is 22.4 Å². The number of carbonyl (C=O) groups excluding carboxylic acids is 2. The first kappa shape index (κ1) is 18.1. The largest absolute Gasteiger partial charge is 0.326 e. The van der Waals surface area contributed by atoms with Crippen molar-refractivity contribution in [1.82, 2.24) is 4.98 Å². The Morgan fingerprint density at radius 1 is 1.23 bits per heavy atom. The second-order valence-corrected chi connectivity index (χ2v) is 8.05. The van der Waals surface area contributed by atoms with Gasteiger partial charge in [0, 0.05) is 43.0 Å². The summed E-state index contributed by atoms with van der Waals surface area (Å²) in [5.41, 5.74) is 2.61. The normalized spacial score (nSPS) is 13.3. The monoisotopic (exact) mass is 373 g/mol. The van der Waals surface area contributed by atoms with E-state index in [2.05, 4.69) is 10.3 Å². The van der Waals surface area contributed by atoms with Crippen LogP contribution in [0.5, 0.6) is 0 Å². The summed E-state index contributed by atoms with van der Waals surface area (Å²) in [6, 6.07) is 8.49.